The fourth-order valence-electron chi connectivity index (χ4n) is 3.47. The number of nitrogens with two attached hydrogens (primary N) is 1. The maximum absolute atomic E-state index is 14.5. The number of nitrogens with one attached hydrogen (secondary N) is 1. The van der Waals surface area contributed by atoms with Crippen molar-refractivity contribution in [1.82, 2.24) is 14.5 Å². The lowest BCUT2D eigenvalue weighted by molar-refractivity contribution is 0.104. The first-order chi connectivity index (χ1) is 16.0. The summed E-state index contributed by atoms with van der Waals surface area (Å²) >= 11 is 11.8. The molecule has 0 saturated carbocycles. The summed E-state index contributed by atoms with van der Waals surface area (Å²) in [7, 11) is -4.27. The molecule has 4 aromatic rings. The molecule has 2 heterocycles. The fourth-order valence-corrected chi connectivity index (χ4v) is 5.30. The monoisotopic (exact) mass is 521 g/mol. The van der Waals surface area contributed by atoms with Crippen LogP contribution in [0.15, 0.2) is 53.8 Å². The van der Waals surface area contributed by atoms with Gasteiger partial charge in [-0.05, 0) is 50.2 Å². The van der Waals surface area contributed by atoms with Gasteiger partial charge in [-0.2, -0.15) is 0 Å². The second-order valence-electron chi connectivity index (χ2n) is 7.71. The fraction of sp³-hybridized carbons (Fsp3) is 0.136. The van der Waals surface area contributed by atoms with Gasteiger partial charge in [-0.25, -0.2) is 22.8 Å². The number of sulfonamides is 1. The summed E-state index contributed by atoms with van der Waals surface area (Å²) in [6.45, 7) is 3.83. The third-order valence-electron chi connectivity index (χ3n) is 5.10. The highest BCUT2D eigenvalue weighted by molar-refractivity contribution is 7.92. The molecule has 0 atom stereocenters. The van der Waals surface area contributed by atoms with Crippen LogP contribution in [0.5, 0.6) is 0 Å². The summed E-state index contributed by atoms with van der Waals surface area (Å²) in [6.07, 6.45) is 2.90. The lowest BCUT2D eigenvalue weighted by atomic mass is 10.0. The van der Waals surface area contributed by atoms with Gasteiger partial charge in [0, 0.05) is 22.8 Å². The standard InChI is InChI=1S/C22H18Cl2FN5O3S/c1-11(2)30-9-14(19-21(26)27-10-28-22(19)30)20(31)12-3-5-16(25)17(7-12)29-34(32,33)18-6-4-13(23)8-15(18)24/h3-11,29H,1-2H3,(H2,26,27,28). The molecule has 3 N–H and O–H groups in total. The summed E-state index contributed by atoms with van der Waals surface area (Å²) in [5, 5.41) is 0.469. The van der Waals surface area contributed by atoms with E-state index in [0.29, 0.717) is 11.0 Å². The minimum absolute atomic E-state index is 0.0296. The molecule has 0 unspecified atom stereocenters. The van der Waals surface area contributed by atoms with Crippen molar-refractivity contribution in [1.29, 1.82) is 0 Å². The van der Waals surface area contributed by atoms with Crippen LogP contribution in [0.3, 0.4) is 0 Å². The van der Waals surface area contributed by atoms with Gasteiger partial charge in [0.1, 0.15) is 28.5 Å². The van der Waals surface area contributed by atoms with Crippen LogP contribution in [0.25, 0.3) is 11.0 Å². The van der Waals surface area contributed by atoms with Crippen LogP contribution in [-0.2, 0) is 10.0 Å². The zero-order valence-corrected chi connectivity index (χ0v) is 20.2. The van der Waals surface area contributed by atoms with Gasteiger partial charge in [-0.15, -0.1) is 0 Å². The van der Waals surface area contributed by atoms with E-state index in [2.05, 4.69) is 14.7 Å². The number of aromatic nitrogens is 3. The summed E-state index contributed by atoms with van der Waals surface area (Å²) < 4.78 is 44.1. The molecule has 12 heteroatoms. The molecule has 2 aromatic carbocycles. The van der Waals surface area contributed by atoms with Crippen molar-refractivity contribution in [2.75, 3.05) is 10.5 Å². The van der Waals surface area contributed by atoms with Gasteiger partial charge in [0.2, 0.25) is 0 Å². The molecule has 0 spiro atoms. The number of rotatable bonds is 6. The topological polar surface area (TPSA) is 120 Å². The number of carbonyl (C=O) groups is 1. The van der Waals surface area contributed by atoms with Crippen LogP contribution in [0.2, 0.25) is 10.0 Å². The number of hydrogen-bond acceptors (Lipinski definition) is 6. The Morgan fingerprint density at radius 3 is 2.56 bits per heavy atom. The van der Waals surface area contributed by atoms with Gasteiger partial charge in [0.05, 0.1) is 21.7 Å². The first-order valence-electron chi connectivity index (χ1n) is 9.92. The highest BCUT2D eigenvalue weighted by Gasteiger charge is 2.24. The molecule has 34 heavy (non-hydrogen) atoms. The van der Waals surface area contributed by atoms with Gasteiger partial charge in [-0.1, -0.05) is 23.2 Å². The van der Waals surface area contributed by atoms with Crippen LogP contribution in [0.4, 0.5) is 15.9 Å². The third-order valence-corrected chi connectivity index (χ3v) is 7.18. The predicted molar refractivity (Wildman–Crippen MR) is 129 cm³/mol. The minimum Gasteiger partial charge on any atom is -0.383 e. The lowest BCUT2D eigenvalue weighted by Gasteiger charge is -2.12. The number of fused-ring (bicyclic) bond motifs is 1. The van der Waals surface area contributed by atoms with Crippen LogP contribution in [-0.4, -0.2) is 28.7 Å². The third kappa shape index (κ3) is 4.31. The van der Waals surface area contributed by atoms with Crippen molar-refractivity contribution in [2.45, 2.75) is 24.8 Å². The minimum atomic E-state index is -4.27. The number of nitrogen functional groups attached to an aromatic ring is 1. The lowest BCUT2D eigenvalue weighted by Crippen LogP contribution is -2.15. The molecule has 176 valence electrons. The molecule has 0 radical (unpaired) electrons. The van der Waals surface area contributed by atoms with E-state index in [1.54, 1.807) is 10.8 Å². The van der Waals surface area contributed by atoms with Crippen LogP contribution < -0.4 is 10.5 Å². The number of benzene rings is 2. The molecule has 0 bridgehead atoms. The van der Waals surface area contributed by atoms with Gasteiger partial charge in [0.25, 0.3) is 10.0 Å². The molecule has 0 saturated heterocycles. The molecule has 0 aliphatic rings. The molecule has 0 fully saturated rings. The maximum atomic E-state index is 14.5. The first kappa shape index (κ1) is 23.9. The van der Waals surface area contributed by atoms with Crippen molar-refractivity contribution in [3.05, 3.63) is 75.9 Å². The van der Waals surface area contributed by atoms with E-state index in [0.717, 1.165) is 12.1 Å². The maximum Gasteiger partial charge on any atom is 0.263 e. The Kier molecular flexibility index (Phi) is 6.24. The number of anilines is 2. The van der Waals surface area contributed by atoms with Gasteiger partial charge < -0.3 is 10.3 Å². The van der Waals surface area contributed by atoms with E-state index in [9.17, 15) is 17.6 Å². The summed E-state index contributed by atoms with van der Waals surface area (Å²) in [4.78, 5) is 21.3. The van der Waals surface area contributed by atoms with Gasteiger partial charge in [-0.3, -0.25) is 9.52 Å². The Bertz CT molecular complexity index is 1550. The Labute approximate surface area is 204 Å². The highest BCUT2D eigenvalue weighted by Crippen LogP contribution is 2.31. The van der Waals surface area contributed by atoms with E-state index in [1.807, 2.05) is 13.8 Å². The Morgan fingerprint density at radius 2 is 1.88 bits per heavy atom. The van der Waals surface area contributed by atoms with Crippen molar-refractivity contribution in [3.63, 3.8) is 0 Å². The van der Waals surface area contributed by atoms with E-state index >= 15 is 0 Å². The zero-order valence-electron chi connectivity index (χ0n) is 17.9. The molecule has 0 aliphatic carbocycles. The molecule has 2 aromatic heterocycles. The number of halogens is 3. The van der Waals surface area contributed by atoms with E-state index < -0.39 is 27.3 Å². The average Bonchev–Trinajstić information content (AvgIpc) is 3.15. The van der Waals surface area contributed by atoms with Gasteiger partial charge >= 0.3 is 0 Å². The van der Waals surface area contributed by atoms with Crippen LogP contribution in [0.1, 0.15) is 35.8 Å². The average molecular weight is 522 g/mol. The Morgan fingerprint density at radius 1 is 1.15 bits per heavy atom. The SMILES string of the molecule is CC(C)n1cc(C(=O)c2ccc(F)c(NS(=O)(=O)c3ccc(Cl)cc3Cl)c2)c2c(N)ncnc21. The van der Waals surface area contributed by atoms with E-state index in [4.69, 9.17) is 28.9 Å². The highest BCUT2D eigenvalue weighted by atomic mass is 35.5. The molecule has 0 amide bonds. The second kappa shape index (κ2) is 8.86. The predicted octanol–water partition coefficient (Wildman–Crippen LogP) is 5.07. The quantitative estimate of drug-likeness (QED) is 0.341. The number of ketones is 1. The number of carbonyl (C=O) groups excluding carboxylic acids is 1. The first-order valence-corrected chi connectivity index (χ1v) is 12.2. The van der Waals surface area contributed by atoms with E-state index in [1.165, 1.54) is 30.6 Å². The van der Waals surface area contributed by atoms with Gasteiger partial charge in [0.15, 0.2) is 5.78 Å². The summed E-state index contributed by atoms with van der Waals surface area (Å²) in [6, 6.07) is 7.12. The summed E-state index contributed by atoms with van der Waals surface area (Å²) in [5.41, 5.74) is 6.32. The van der Waals surface area contributed by atoms with Crippen molar-refractivity contribution >= 4 is 61.5 Å². The van der Waals surface area contributed by atoms with Crippen molar-refractivity contribution in [2.24, 2.45) is 0 Å². The zero-order chi connectivity index (χ0) is 24.8. The normalized spacial score (nSPS) is 11.8. The van der Waals surface area contributed by atoms with Crippen molar-refractivity contribution in [3.8, 4) is 0 Å². The summed E-state index contributed by atoms with van der Waals surface area (Å²) in [5.74, 6) is -1.26. The van der Waals surface area contributed by atoms with Crippen LogP contribution in [0, 0.1) is 5.82 Å². The molecule has 4 rings (SSSR count). The second-order valence-corrected chi connectivity index (χ2v) is 10.2. The molecular formula is C22H18Cl2FN5O3S. The van der Waals surface area contributed by atoms with Crippen LogP contribution >= 0.6 is 23.2 Å². The number of nitrogens with zero attached hydrogens (tertiary/aromatic N) is 3. The molecule has 0 aliphatic heterocycles. The molecule has 8 nitrogen and oxygen atoms in total. The smallest absolute Gasteiger partial charge is 0.263 e. The number of hydrogen-bond donors (Lipinski definition) is 2. The largest absolute Gasteiger partial charge is 0.383 e. The van der Waals surface area contributed by atoms with Crippen molar-refractivity contribution < 1.29 is 17.6 Å². The molecular weight excluding hydrogens is 504 g/mol. The Balaban J connectivity index is 1.77. The van der Waals surface area contributed by atoms with E-state index in [-0.39, 0.29) is 37.9 Å². The Hall–Kier alpha value is -3.21.